The lowest BCUT2D eigenvalue weighted by molar-refractivity contribution is -0.112. The van der Waals surface area contributed by atoms with Crippen molar-refractivity contribution in [2.45, 2.75) is 6.92 Å². The summed E-state index contributed by atoms with van der Waals surface area (Å²) in [6.07, 6.45) is 1.43. The molecule has 0 saturated heterocycles. The molecule has 0 fully saturated rings. The maximum atomic E-state index is 13.0. The van der Waals surface area contributed by atoms with Crippen LogP contribution < -0.4 is 14.8 Å². The van der Waals surface area contributed by atoms with E-state index in [4.69, 9.17) is 21.1 Å². The second-order valence-corrected chi connectivity index (χ2v) is 8.12. The first-order chi connectivity index (χ1) is 17.5. The molecule has 0 saturated carbocycles. The lowest BCUT2D eigenvalue weighted by Gasteiger charge is -2.12. The smallest absolute Gasteiger partial charge is 0.344 e. The third-order valence-corrected chi connectivity index (χ3v) is 5.51. The summed E-state index contributed by atoms with van der Waals surface area (Å²) in [5.41, 5.74) is 1.38. The Labute approximate surface area is 213 Å². The quantitative estimate of drug-likeness (QED) is 0.134. The lowest BCUT2D eigenvalue weighted by Crippen LogP contribution is -2.13. The van der Waals surface area contributed by atoms with Gasteiger partial charge in [0, 0.05) is 10.7 Å². The van der Waals surface area contributed by atoms with Gasteiger partial charge in [0.25, 0.3) is 5.91 Å². The SMILES string of the molecule is CCOc1cc(/C=C(\C#N)C(=O)Nc2ccc(Cl)cc2)ccc1OC(=O)c1cccc2ccccc12. The van der Waals surface area contributed by atoms with Gasteiger partial charge in [0.2, 0.25) is 0 Å². The maximum absolute atomic E-state index is 13.0. The molecule has 4 aromatic rings. The average Bonchev–Trinajstić information content (AvgIpc) is 2.89. The molecule has 4 rings (SSSR count). The number of halogens is 1. The van der Waals surface area contributed by atoms with Gasteiger partial charge in [-0.15, -0.1) is 0 Å². The molecule has 6 nitrogen and oxygen atoms in total. The summed E-state index contributed by atoms with van der Waals surface area (Å²) in [5.74, 6) is -0.536. The highest BCUT2D eigenvalue weighted by atomic mass is 35.5. The van der Waals surface area contributed by atoms with Gasteiger partial charge in [-0.25, -0.2) is 4.79 Å². The second kappa shape index (κ2) is 11.2. The Morgan fingerprint density at radius 1 is 0.972 bits per heavy atom. The van der Waals surface area contributed by atoms with Crippen molar-refractivity contribution < 1.29 is 19.1 Å². The van der Waals surface area contributed by atoms with Gasteiger partial charge in [-0.2, -0.15) is 5.26 Å². The first-order valence-electron chi connectivity index (χ1n) is 11.1. The van der Waals surface area contributed by atoms with Crippen molar-refractivity contribution >= 4 is 46.0 Å². The van der Waals surface area contributed by atoms with E-state index >= 15 is 0 Å². The summed E-state index contributed by atoms with van der Waals surface area (Å²) >= 11 is 5.87. The van der Waals surface area contributed by atoms with Crippen molar-refractivity contribution in [3.63, 3.8) is 0 Å². The van der Waals surface area contributed by atoms with E-state index in [0.29, 0.717) is 34.2 Å². The van der Waals surface area contributed by atoms with E-state index in [-0.39, 0.29) is 11.3 Å². The van der Waals surface area contributed by atoms with Gasteiger partial charge in [0.1, 0.15) is 11.6 Å². The predicted octanol–water partition coefficient (Wildman–Crippen LogP) is 6.66. The molecule has 36 heavy (non-hydrogen) atoms. The fourth-order valence-corrected chi connectivity index (χ4v) is 3.70. The van der Waals surface area contributed by atoms with E-state index in [1.54, 1.807) is 61.5 Å². The molecule has 0 aliphatic carbocycles. The maximum Gasteiger partial charge on any atom is 0.344 e. The number of nitrogens with one attached hydrogen (secondary N) is 1. The van der Waals surface area contributed by atoms with Crippen LogP contribution in [0.15, 0.2) is 90.5 Å². The van der Waals surface area contributed by atoms with E-state index in [2.05, 4.69) is 5.32 Å². The molecule has 1 N–H and O–H groups in total. The molecule has 0 aliphatic rings. The first kappa shape index (κ1) is 24.5. The van der Waals surface area contributed by atoms with Crippen LogP contribution in [0.25, 0.3) is 16.8 Å². The number of hydrogen-bond acceptors (Lipinski definition) is 5. The van der Waals surface area contributed by atoms with Gasteiger partial charge in [0.15, 0.2) is 11.5 Å². The van der Waals surface area contributed by atoms with Gasteiger partial charge < -0.3 is 14.8 Å². The number of fused-ring (bicyclic) bond motifs is 1. The van der Waals surface area contributed by atoms with Crippen LogP contribution in [-0.2, 0) is 4.79 Å². The summed E-state index contributed by atoms with van der Waals surface area (Å²) in [4.78, 5) is 25.6. The average molecular weight is 497 g/mol. The standard InChI is InChI=1S/C29H21ClN2O4/c1-2-35-27-17-19(16-21(18-31)28(33)32-23-13-11-22(30)12-14-23)10-15-26(27)36-29(34)25-9-5-7-20-6-3-4-8-24(20)25/h3-17H,2H2,1H3,(H,32,33)/b21-16+. The number of carbonyl (C=O) groups excluding carboxylic acids is 2. The number of amides is 1. The Bertz CT molecular complexity index is 1500. The van der Waals surface area contributed by atoms with E-state index in [9.17, 15) is 14.9 Å². The number of anilines is 1. The third kappa shape index (κ3) is 5.72. The topological polar surface area (TPSA) is 88.4 Å². The number of benzene rings is 4. The number of hydrogen-bond donors (Lipinski definition) is 1. The summed E-state index contributed by atoms with van der Waals surface area (Å²) in [5, 5.41) is 14.4. The van der Waals surface area contributed by atoms with Crippen LogP contribution in [0.3, 0.4) is 0 Å². The zero-order chi connectivity index (χ0) is 25.5. The normalized spacial score (nSPS) is 11.0. The Kier molecular flexibility index (Phi) is 7.64. The molecule has 4 aromatic carbocycles. The molecule has 178 valence electrons. The van der Waals surface area contributed by atoms with Gasteiger partial charge in [0.05, 0.1) is 12.2 Å². The molecule has 0 spiro atoms. The van der Waals surface area contributed by atoms with E-state index < -0.39 is 11.9 Å². The first-order valence-corrected chi connectivity index (χ1v) is 11.5. The third-order valence-electron chi connectivity index (χ3n) is 5.26. The number of carbonyl (C=O) groups is 2. The summed E-state index contributed by atoms with van der Waals surface area (Å²) < 4.78 is 11.4. The van der Waals surface area contributed by atoms with E-state index in [0.717, 1.165) is 10.8 Å². The Balaban J connectivity index is 1.58. The minimum absolute atomic E-state index is 0.104. The fourth-order valence-electron chi connectivity index (χ4n) is 3.57. The number of nitrogens with zero attached hydrogens (tertiary/aromatic N) is 1. The van der Waals surface area contributed by atoms with Crippen LogP contribution in [0.1, 0.15) is 22.8 Å². The minimum Gasteiger partial charge on any atom is -0.490 e. The van der Waals surface area contributed by atoms with Crippen molar-refractivity contribution in [2.75, 3.05) is 11.9 Å². The largest absolute Gasteiger partial charge is 0.490 e. The number of rotatable bonds is 7. The van der Waals surface area contributed by atoms with E-state index in [1.165, 1.54) is 6.08 Å². The van der Waals surface area contributed by atoms with Gasteiger partial charge in [-0.05, 0) is 71.8 Å². The Hall–Kier alpha value is -4.60. The number of ether oxygens (including phenoxy) is 2. The monoisotopic (exact) mass is 496 g/mol. The highest BCUT2D eigenvalue weighted by molar-refractivity contribution is 6.30. The van der Waals surface area contributed by atoms with Gasteiger partial charge in [-0.1, -0.05) is 54.1 Å². The van der Waals surface area contributed by atoms with Crippen LogP contribution in [0, 0.1) is 11.3 Å². The van der Waals surface area contributed by atoms with Crippen LogP contribution >= 0.6 is 11.6 Å². The molecule has 0 unspecified atom stereocenters. The molecule has 0 bridgehead atoms. The Morgan fingerprint density at radius 2 is 1.72 bits per heavy atom. The van der Waals surface area contributed by atoms with Crippen LogP contribution in [0.5, 0.6) is 11.5 Å². The van der Waals surface area contributed by atoms with Crippen molar-refractivity contribution in [3.05, 3.63) is 107 Å². The van der Waals surface area contributed by atoms with Gasteiger partial charge >= 0.3 is 5.97 Å². The van der Waals surface area contributed by atoms with Crippen molar-refractivity contribution in [3.8, 4) is 17.6 Å². The van der Waals surface area contributed by atoms with Crippen molar-refractivity contribution in [1.29, 1.82) is 5.26 Å². The molecule has 0 radical (unpaired) electrons. The van der Waals surface area contributed by atoms with Crippen LogP contribution in [0.2, 0.25) is 5.02 Å². The second-order valence-electron chi connectivity index (χ2n) is 7.69. The predicted molar refractivity (Wildman–Crippen MR) is 140 cm³/mol. The molecular weight excluding hydrogens is 476 g/mol. The van der Waals surface area contributed by atoms with Gasteiger partial charge in [-0.3, -0.25) is 4.79 Å². The van der Waals surface area contributed by atoms with Crippen LogP contribution in [0.4, 0.5) is 5.69 Å². The zero-order valence-electron chi connectivity index (χ0n) is 19.3. The van der Waals surface area contributed by atoms with E-state index in [1.807, 2.05) is 36.4 Å². The molecular formula is C29H21ClN2O4. The van der Waals surface area contributed by atoms with Crippen molar-refractivity contribution in [2.24, 2.45) is 0 Å². The highest BCUT2D eigenvalue weighted by Crippen LogP contribution is 2.31. The molecule has 0 atom stereocenters. The van der Waals surface area contributed by atoms with Crippen molar-refractivity contribution in [1.82, 2.24) is 0 Å². The molecule has 1 amide bonds. The molecule has 0 heterocycles. The molecule has 7 heteroatoms. The number of nitriles is 1. The zero-order valence-corrected chi connectivity index (χ0v) is 20.1. The minimum atomic E-state index is -0.566. The fraction of sp³-hybridized carbons (Fsp3) is 0.0690. The van der Waals surface area contributed by atoms with Crippen LogP contribution in [-0.4, -0.2) is 18.5 Å². The molecule has 0 aromatic heterocycles. The summed E-state index contributed by atoms with van der Waals surface area (Å²) in [7, 11) is 0. The highest BCUT2D eigenvalue weighted by Gasteiger charge is 2.16. The Morgan fingerprint density at radius 3 is 2.47 bits per heavy atom. The summed E-state index contributed by atoms with van der Waals surface area (Å²) in [6, 6.07) is 26.3. The molecule has 0 aliphatic heterocycles. The lowest BCUT2D eigenvalue weighted by atomic mass is 10.0. The summed E-state index contributed by atoms with van der Waals surface area (Å²) in [6.45, 7) is 2.13. The number of esters is 1.